The summed E-state index contributed by atoms with van der Waals surface area (Å²) in [7, 11) is -0.186. The lowest BCUT2D eigenvalue weighted by molar-refractivity contribution is 0.0326. The van der Waals surface area contributed by atoms with Crippen LogP contribution in [-0.2, 0) is 9.53 Å². The van der Waals surface area contributed by atoms with Crippen LogP contribution in [0.5, 0.6) is 0 Å². The molecule has 27 heavy (non-hydrogen) atoms. The fourth-order valence-corrected chi connectivity index (χ4v) is 6.10. The van der Waals surface area contributed by atoms with E-state index in [0.717, 1.165) is 13.0 Å². The van der Waals surface area contributed by atoms with E-state index in [0.29, 0.717) is 11.6 Å². The highest BCUT2D eigenvalue weighted by atomic mass is 28.2. The van der Waals surface area contributed by atoms with Crippen molar-refractivity contribution in [1.29, 1.82) is 0 Å². The lowest BCUT2D eigenvalue weighted by Gasteiger charge is -2.21. The molecule has 2 radical (unpaired) electrons. The van der Waals surface area contributed by atoms with E-state index in [2.05, 4.69) is 19.6 Å². The predicted molar refractivity (Wildman–Crippen MR) is 121 cm³/mol. The van der Waals surface area contributed by atoms with Gasteiger partial charge < -0.3 is 4.74 Å². The third-order valence-corrected chi connectivity index (χ3v) is 8.19. The molecule has 1 unspecified atom stereocenters. The van der Waals surface area contributed by atoms with Crippen molar-refractivity contribution in [3.05, 3.63) is 6.42 Å². The van der Waals surface area contributed by atoms with E-state index >= 15 is 0 Å². The second kappa shape index (κ2) is 19.2. The molecule has 1 fully saturated rings. The van der Waals surface area contributed by atoms with E-state index < -0.39 is 0 Å². The van der Waals surface area contributed by atoms with Gasteiger partial charge >= 0.3 is 0 Å². The fourth-order valence-electron chi connectivity index (χ4n) is 4.12. The first-order valence-electron chi connectivity index (χ1n) is 12.2. The summed E-state index contributed by atoms with van der Waals surface area (Å²) in [5.41, 5.74) is 0.344. The number of ether oxygens (including phenoxy) is 1. The number of hydrogen-bond acceptors (Lipinski definition) is 2. The van der Waals surface area contributed by atoms with Gasteiger partial charge in [-0.2, -0.15) is 0 Å². The standard InChI is InChI=1S/C24H46O2Si/c1-2-3-21-27-24(22-25)19-15-10-8-6-4-5-7-9-11-16-20-26-23-17-13-12-14-18-23/h12,23-24H,2-11,13-21,27H2,1H3. The Morgan fingerprint density at radius 1 is 0.926 bits per heavy atom. The molecule has 0 N–H and O–H groups in total. The molecule has 0 aromatic rings. The minimum atomic E-state index is -0.186. The molecule has 1 aliphatic rings. The maximum atomic E-state index is 11.0. The monoisotopic (exact) mass is 394 g/mol. The zero-order chi connectivity index (χ0) is 19.4. The highest BCUT2D eigenvalue weighted by Gasteiger charge is 2.13. The molecule has 158 valence electrons. The Morgan fingerprint density at radius 3 is 2.11 bits per heavy atom. The molecule has 3 heteroatoms. The summed E-state index contributed by atoms with van der Waals surface area (Å²) < 4.78 is 5.98. The lowest BCUT2D eigenvalue weighted by Crippen LogP contribution is -2.17. The number of unbranched alkanes of at least 4 members (excludes halogenated alkanes) is 10. The minimum Gasteiger partial charge on any atom is -0.378 e. The van der Waals surface area contributed by atoms with E-state index in [1.807, 2.05) is 0 Å². The Labute approximate surface area is 172 Å². The first-order chi connectivity index (χ1) is 13.4. The molecule has 0 bridgehead atoms. The molecule has 2 nitrogen and oxygen atoms in total. The largest absolute Gasteiger partial charge is 0.378 e. The average molecular weight is 395 g/mol. The van der Waals surface area contributed by atoms with Gasteiger partial charge in [-0.05, 0) is 44.9 Å². The summed E-state index contributed by atoms with van der Waals surface area (Å²) in [6.07, 6.45) is 27.4. The second-order valence-corrected chi connectivity index (χ2v) is 10.8. The summed E-state index contributed by atoms with van der Waals surface area (Å²) in [5.74, 6) is 0. The highest BCUT2D eigenvalue weighted by molar-refractivity contribution is 6.42. The van der Waals surface area contributed by atoms with Crippen LogP contribution >= 0.6 is 0 Å². The molecular weight excluding hydrogens is 348 g/mol. The van der Waals surface area contributed by atoms with E-state index in [-0.39, 0.29) is 9.52 Å². The first-order valence-corrected chi connectivity index (χ1v) is 14.0. The Balaban J connectivity index is 1.75. The van der Waals surface area contributed by atoms with Crippen molar-refractivity contribution in [3.8, 4) is 0 Å². The third kappa shape index (κ3) is 15.4. The minimum absolute atomic E-state index is 0.186. The summed E-state index contributed by atoms with van der Waals surface area (Å²) in [5, 5.41) is 0. The zero-order valence-electron chi connectivity index (χ0n) is 18.2. The summed E-state index contributed by atoms with van der Waals surface area (Å²) in [6, 6.07) is 1.34. The summed E-state index contributed by atoms with van der Waals surface area (Å²) >= 11 is 0. The molecule has 0 spiro atoms. The van der Waals surface area contributed by atoms with Crippen LogP contribution < -0.4 is 0 Å². The molecule has 0 aliphatic heterocycles. The smallest absolute Gasteiger partial charge is 0.198 e. The van der Waals surface area contributed by atoms with Crippen molar-refractivity contribution in [2.45, 2.75) is 134 Å². The van der Waals surface area contributed by atoms with Crippen LogP contribution in [-0.4, -0.2) is 28.5 Å². The topological polar surface area (TPSA) is 26.3 Å². The van der Waals surface area contributed by atoms with Crippen molar-refractivity contribution in [3.63, 3.8) is 0 Å². The fraction of sp³-hybridized carbons (Fsp3) is 0.917. The maximum Gasteiger partial charge on any atom is 0.198 e. The number of carbonyl (C=O) groups excluding carboxylic acids is 1. The Morgan fingerprint density at radius 2 is 1.52 bits per heavy atom. The van der Waals surface area contributed by atoms with Gasteiger partial charge in [-0.15, -0.1) is 0 Å². The van der Waals surface area contributed by atoms with Gasteiger partial charge in [0.05, 0.1) is 6.10 Å². The maximum absolute atomic E-state index is 11.0. The quantitative estimate of drug-likeness (QED) is 0.179. The molecule has 0 aromatic heterocycles. The molecule has 1 atom stereocenters. The molecular formula is C24H46O2Si. The van der Waals surface area contributed by atoms with Crippen molar-refractivity contribution < 1.29 is 9.53 Å². The molecule has 0 aromatic carbocycles. The van der Waals surface area contributed by atoms with Gasteiger partial charge in [0.1, 0.15) is 0 Å². The van der Waals surface area contributed by atoms with Crippen molar-refractivity contribution >= 4 is 15.8 Å². The lowest BCUT2D eigenvalue weighted by atomic mass is 9.98. The van der Waals surface area contributed by atoms with Gasteiger partial charge in [-0.25, -0.2) is 0 Å². The Bertz CT molecular complexity index is 316. The Kier molecular flexibility index (Phi) is 17.7. The van der Waals surface area contributed by atoms with Gasteiger partial charge in [0.2, 0.25) is 0 Å². The van der Waals surface area contributed by atoms with Gasteiger partial charge in [-0.1, -0.05) is 83.6 Å². The van der Waals surface area contributed by atoms with Gasteiger partial charge in [0.25, 0.3) is 0 Å². The van der Waals surface area contributed by atoms with Crippen LogP contribution in [0.3, 0.4) is 0 Å². The Hall–Kier alpha value is -0.153. The van der Waals surface area contributed by atoms with Crippen molar-refractivity contribution in [2.24, 2.45) is 0 Å². The number of hydrogen-bond donors (Lipinski definition) is 0. The van der Waals surface area contributed by atoms with Crippen molar-refractivity contribution in [1.82, 2.24) is 0 Å². The van der Waals surface area contributed by atoms with Crippen LogP contribution in [0.2, 0.25) is 11.6 Å². The zero-order valence-corrected chi connectivity index (χ0v) is 19.6. The molecule has 1 saturated carbocycles. The number of rotatable bonds is 19. The molecule has 1 rings (SSSR count). The van der Waals surface area contributed by atoms with E-state index in [1.165, 1.54) is 109 Å². The van der Waals surface area contributed by atoms with Crippen LogP contribution in [0.4, 0.5) is 0 Å². The SMILES string of the molecule is CCCC[SiH2]C([C]=O)CCCCCCCCCCCCOC1CC[CH]CC1. The van der Waals surface area contributed by atoms with Crippen LogP contribution in [0, 0.1) is 6.42 Å². The second-order valence-electron chi connectivity index (χ2n) is 8.57. The molecule has 1 aliphatic carbocycles. The highest BCUT2D eigenvalue weighted by Crippen LogP contribution is 2.20. The molecule has 0 heterocycles. The predicted octanol–water partition coefficient (Wildman–Crippen LogP) is 6.73. The molecule has 0 saturated heterocycles. The van der Waals surface area contributed by atoms with Crippen LogP contribution in [0.15, 0.2) is 0 Å². The third-order valence-electron chi connectivity index (χ3n) is 6.01. The summed E-state index contributed by atoms with van der Waals surface area (Å²) in [6.45, 7) is 3.21. The van der Waals surface area contributed by atoms with Crippen molar-refractivity contribution in [2.75, 3.05) is 6.61 Å². The van der Waals surface area contributed by atoms with Crippen LogP contribution in [0.25, 0.3) is 0 Å². The molecule has 0 amide bonds. The first kappa shape index (κ1) is 24.9. The van der Waals surface area contributed by atoms with Gasteiger partial charge in [-0.3, -0.25) is 4.79 Å². The normalized spacial score (nSPS) is 16.9. The van der Waals surface area contributed by atoms with Gasteiger partial charge in [0.15, 0.2) is 6.29 Å². The summed E-state index contributed by atoms with van der Waals surface area (Å²) in [4.78, 5) is 11.0. The van der Waals surface area contributed by atoms with E-state index in [1.54, 1.807) is 0 Å². The average Bonchev–Trinajstić information content (AvgIpc) is 2.71. The van der Waals surface area contributed by atoms with Crippen LogP contribution in [0.1, 0.15) is 116 Å². The van der Waals surface area contributed by atoms with Gasteiger partial charge in [0, 0.05) is 21.7 Å². The van der Waals surface area contributed by atoms with E-state index in [4.69, 9.17) is 4.74 Å². The van der Waals surface area contributed by atoms with E-state index in [9.17, 15) is 4.79 Å².